The van der Waals surface area contributed by atoms with Crippen LogP contribution in [-0.2, 0) is 42.7 Å². The molecule has 0 aliphatic carbocycles. The van der Waals surface area contributed by atoms with Gasteiger partial charge in [0.15, 0.2) is 19.7 Å². The number of benzene rings is 2. The molecular weight excluding hydrogens is 370 g/mol. The molecule has 0 fully saturated rings. The molecule has 0 radical (unpaired) electrons. The molecule has 0 amide bonds. The highest BCUT2D eigenvalue weighted by Crippen LogP contribution is 2.27. The average molecular weight is 387 g/mol. The lowest BCUT2D eigenvalue weighted by atomic mass is 10.0. The van der Waals surface area contributed by atoms with E-state index in [-0.39, 0.29) is 23.0 Å². The van der Waals surface area contributed by atoms with Gasteiger partial charge in [0.05, 0.1) is 34.4 Å². The van der Waals surface area contributed by atoms with E-state index in [1.807, 2.05) is 12.1 Å². The van der Waals surface area contributed by atoms with Crippen molar-refractivity contribution in [3.05, 3.63) is 77.1 Å². The second kappa shape index (κ2) is 6.17. The Morgan fingerprint density at radius 3 is 1.46 bits per heavy atom. The monoisotopic (exact) mass is 387 g/mol. The van der Waals surface area contributed by atoms with Crippen LogP contribution in [0.5, 0.6) is 0 Å². The summed E-state index contributed by atoms with van der Waals surface area (Å²) in [6, 6.07) is 15.7. The number of sulfone groups is 2. The third-order valence-electron chi connectivity index (χ3n) is 4.45. The first-order valence-corrected chi connectivity index (χ1v) is 11.8. The number of hydrogen-bond acceptors (Lipinski definition) is 5. The molecule has 0 atom stereocenters. The Morgan fingerprint density at radius 1 is 0.577 bits per heavy atom. The van der Waals surface area contributed by atoms with Gasteiger partial charge in [-0.25, -0.2) is 16.8 Å². The van der Waals surface area contributed by atoms with Crippen molar-refractivity contribution >= 4 is 30.4 Å². The first-order chi connectivity index (χ1) is 12.3. The van der Waals surface area contributed by atoms with Gasteiger partial charge in [-0.3, -0.25) is 4.98 Å². The van der Waals surface area contributed by atoms with E-state index in [0.717, 1.165) is 10.8 Å². The summed E-state index contributed by atoms with van der Waals surface area (Å²) in [5, 5.41) is 1.56. The molecule has 6 bridgehead atoms. The van der Waals surface area contributed by atoms with Crippen molar-refractivity contribution < 1.29 is 16.8 Å². The second-order valence-electron chi connectivity index (χ2n) is 6.61. The van der Waals surface area contributed by atoms with Crippen LogP contribution in [0.3, 0.4) is 0 Å². The Hall–Kier alpha value is -2.25. The normalized spacial score (nSPS) is 18.6. The Labute approximate surface area is 152 Å². The van der Waals surface area contributed by atoms with Crippen molar-refractivity contribution in [2.45, 2.75) is 23.0 Å². The van der Waals surface area contributed by atoms with E-state index in [4.69, 9.17) is 0 Å². The molecule has 4 rings (SSSR count). The fraction of sp³-hybridized carbons (Fsp3) is 0.211. The molecule has 7 heteroatoms. The minimum atomic E-state index is -3.44. The van der Waals surface area contributed by atoms with Gasteiger partial charge in [-0.2, -0.15) is 0 Å². The van der Waals surface area contributed by atoms with Crippen molar-refractivity contribution in [3.63, 3.8) is 0 Å². The highest BCUT2D eigenvalue weighted by molar-refractivity contribution is 7.90. The lowest BCUT2D eigenvalue weighted by Gasteiger charge is -2.10. The van der Waals surface area contributed by atoms with Crippen LogP contribution >= 0.6 is 0 Å². The second-order valence-corrected chi connectivity index (χ2v) is 10.7. The van der Waals surface area contributed by atoms with Gasteiger partial charge in [0.25, 0.3) is 0 Å². The third kappa shape index (κ3) is 3.50. The quantitative estimate of drug-likeness (QED) is 0.592. The average Bonchev–Trinajstić information content (AvgIpc) is 2.54. The van der Waals surface area contributed by atoms with Crippen LogP contribution in [0.15, 0.2) is 54.6 Å². The Balaban J connectivity index is 1.97. The number of hydrogen-bond donors (Lipinski definition) is 0. The molecule has 0 N–H and O–H groups in total. The molecule has 2 heterocycles. The van der Waals surface area contributed by atoms with Crippen LogP contribution in [0.1, 0.15) is 22.5 Å². The number of fused-ring (bicyclic) bond motifs is 2. The van der Waals surface area contributed by atoms with E-state index in [1.54, 1.807) is 42.5 Å². The first-order valence-electron chi connectivity index (χ1n) is 8.16. The molecule has 2 aromatic carbocycles. The molecule has 26 heavy (non-hydrogen) atoms. The fourth-order valence-electron chi connectivity index (χ4n) is 3.41. The molecule has 5 nitrogen and oxygen atoms in total. The van der Waals surface area contributed by atoms with E-state index in [2.05, 4.69) is 4.98 Å². The zero-order valence-corrected chi connectivity index (χ0v) is 15.6. The number of aromatic nitrogens is 1. The molecule has 1 aliphatic heterocycles. The van der Waals surface area contributed by atoms with Gasteiger partial charge in [0.1, 0.15) is 0 Å². The summed E-state index contributed by atoms with van der Waals surface area (Å²) in [6.07, 6.45) is 0. The van der Waals surface area contributed by atoms with Crippen molar-refractivity contribution in [1.29, 1.82) is 0 Å². The molecule has 0 unspecified atom stereocenters. The summed E-state index contributed by atoms with van der Waals surface area (Å²) in [5.74, 6) is -0.632. The highest BCUT2D eigenvalue weighted by Gasteiger charge is 2.21. The molecule has 3 aromatic rings. The summed E-state index contributed by atoms with van der Waals surface area (Å²) >= 11 is 0. The lowest BCUT2D eigenvalue weighted by molar-refractivity contribution is 0.593. The van der Waals surface area contributed by atoms with Crippen LogP contribution in [0.2, 0.25) is 0 Å². The van der Waals surface area contributed by atoms with Crippen LogP contribution in [0, 0.1) is 0 Å². The number of pyridine rings is 1. The van der Waals surface area contributed by atoms with Gasteiger partial charge in [-0.15, -0.1) is 0 Å². The van der Waals surface area contributed by atoms with Crippen LogP contribution < -0.4 is 0 Å². The lowest BCUT2D eigenvalue weighted by Crippen LogP contribution is -2.11. The predicted molar refractivity (Wildman–Crippen MR) is 101 cm³/mol. The van der Waals surface area contributed by atoms with Crippen LogP contribution in [0.25, 0.3) is 10.8 Å². The maximum Gasteiger partial charge on any atom is 0.160 e. The summed E-state index contributed by atoms with van der Waals surface area (Å²) in [5.41, 5.74) is 2.10. The third-order valence-corrected chi connectivity index (χ3v) is 7.43. The summed E-state index contributed by atoms with van der Waals surface area (Å²) in [6.45, 7) is 0. The molecule has 1 aliphatic rings. The van der Waals surface area contributed by atoms with Gasteiger partial charge in [0, 0.05) is 0 Å². The van der Waals surface area contributed by atoms with E-state index >= 15 is 0 Å². The van der Waals surface area contributed by atoms with E-state index in [0.29, 0.717) is 22.5 Å². The minimum absolute atomic E-state index is 0.105. The van der Waals surface area contributed by atoms with Gasteiger partial charge in [-0.1, -0.05) is 42.5 Å². The largest absolute Gasteiger partial charge is 0.256 e. The summed E-state index contributed by atoms with van der Waals surface area (Å²) in [7, 11) is -6.87. The van der Waals surface area contributed by atoms with Crippen molar-refractivity contribution in [2.24, 2.45) is 0 Å². The van der Waals surface area contributed by atoms with Crippen LogP contribution in [0.4, 0.5) is 0 Å². The first kappa shape index (κ1) is 17.2. The number of rotatable bonds is 0. The van der Waals surface area contributed by atoms with Gasteiger partial charge >= 0.3 is 0 Å². The topological polar surface area (TPSA) is 81.2 Å². The Kier molecular flexibility index (Phi) is 4.08. The molecular formula is C19H17NO4S2. The van der Waals surface area contributed by atoms with Crippen molar-refractivity contribution in [1.82, 2.24) is 4.98 Å². The SMILES string of the molecule is O=S1(=O)Cc2cccc(n2)CS(=O)(=O)Cc2cccc3c(cccc23)C1. The highest BCUT2D eigenvalue weighted by atomic mass is 32.2. The van der Waals surface area contributed by atoms with E-state index in [1.165, 1.54) is 0 Å². The molecule has 0 spiro atoms. The van der Waals surface area contributed by atoms with Gasteiger partial charge in [0.2, 0.25) is 0 Å². The van der Waals surface area contributed by atoms with Crippen molar-refractivity contribution in [3.8, 4) is 0 Å². The molecule has 0 saturated carbocycles. The minimum Gasteiger partial charge on any atom is -0.256 e. The van der Waals surface area contributed by atoms with E-state index < -0.39 is 19.7 Å². The molecule has 134 valence electrons. The maximum absolute atomic E-state index is 12.7. The van der Waals surface area contributed by atoms with E-state index in [9.17, 15) is 16.8 Å². The van der Waals surface area contributed by atoms with Crippen LogP contribution in [-0.4, -0.2) is 21.8 Å². The number of nitrogens with zero attached hydrogens (tertiary/aromatic N) is 1. The Bertz CT molecular complexity index is 1120. The molecule has 0 saturated heterocycles. The fourth-order valence-corrected chi connectivity index (χ4v) is 6.29. The predicted octanol–water partition coefficient (Wildman–Crippen LogP) is 2.78. The zero-order chi connectivity index (χ0) is 18.4. The van der Waals surface area contributed by atoms with Crippen molar-refractivity contribution in [2.75, 3.05) is 0 Å². The van der Waals surface area contributed by atoms with Gasteiger partial charge < -0.3 is 0 Å². The smallest absolute Gasteiger partial charge is 0.160 e. The standard InChI is InChI=1S/C19H17NO4S2/c21-25(22)10-14-4-1-8-18-15(5-2-9-19(14)18)11-26(23,24)13-17-7-3-6-16(12-25)20-17/h1-9H,10-13H2. The molecule has 1 aromatic heterocycles. The maximum atomic E-state index is 12.7. The summed E-state index contributed by atoms with van der Waals surface area (Å²) in [4.78, 5) is 4.26. The zero-order valence-electron chi connectivity index (χ0n) is 13.9. The Morgan fingerprint density at radius 2 is 1.00 bits per heavy atom. The van der Waals surface area contributed by atoms with Gasteiger partial charge in [-0.05, 0) is 34.0 Å². The summed E-state index contributed by atoms with van der Waals surface area (Å²) < 4.78 is 50.7.